The molecule has 1 aromatic rings. The van der Waals surface area contributed by atoms with Crippen LogP contribution in [0.25, 0.3) is 0 Å². The van der Waals surface area contributed by atoms with Crippen LogP contribution in [0, 0.1) is 0 Å². The van der Waals surface area contributed by atoms with Crippen LogP contribution in [-0.4, -0.2) is 71.5 Å². The van der Waals surface area contributed by atoms with Crippen molar-refractivity contribution in [1.29, 1.82) is 0 Å². The molecule has 3 rings (SSSR count). The smallest absolute Gasteiger partial charge is 0.263 e. The number of piperazine rings is 1. The second kappa shape index (κ2) is 10.5. The van der Waals surface area contributed by atoms with Crippen LogP contribution in [0.15, 0.2) is 24.5 Å². The fraction of sp³-hybridized carbons (Fsp3) is 0.588. The van der Waals surface area contributed by atoms with Crippen molar-refractivity contribution < 1.29 is 14.3 Å². The normalized spacial score (nSPS) is 21.3. The molecule has 3 heterocycles. The predicted molar refractivity (Wildman–Crippen MR) is 103 cm³/mol. The molecule has 0 bridgehead atoms. The lowest BCUT2D eigenvalue weighted by atomic mass is 10.0. The van der Waals surface area contributed by atoms with Crippen LogP contribution in [0.3, 0.4) is 0 Å². The molecule has 0 aromatic carbocycles. The van der Waals surface area contributed by atoms with Crippen LogP contribution < -0.4 is 10.1 Å². The second-order valence-electron chi connectivity index (χ2n) is 6.29. The van der Waals surface area contributed by atoms with Gasteiger partial charge in [-0.2, -0.15) is 0 Å². The van der Waals surface area contributed by atoms with E-state index in [2.05, 4.69) is 10.3 Å². The Bertz CT molecular complexity index is 591. The Labute approximate surface area is 166 Å². The third kappa shape index (κ3) is 5.46. The summed E-state index contributed by atoms with van der Waals surface area (Å²) in [5, 5.41) is 3.09. The molecule has 1 aromatic heterocycles. The van der Waals surface area contributed by atoms with E-state index in [1.807, 2.05) is 9.80 Å². The summed E-state index contributed by atoms with van der Waals surface area (Å²) in [5.41, 5.74) is 0. The quantitative estimate of drug-likeness (QED) is 0.813. The molecule has 2 saturated heterocycles. The number of amides is 2. The summed E-state index contributed by atoms with van der Waals surface area (Å²) in [4.78, 5) is 32.5. The monoisotopic (exact) mass is 404 g/mol. The molecule has 7 nitrogen and oxygen atoms in total. The van der Waals surface area contributed by atoms with E-state index in [0.29, 0.717) is 25.4 Å². The number of nitrogens with one attached hydrogen (secondary N) is 1. The van der Waals surface area contributed by atoms with Gasteiger partial charge in [0, 0.05) is 38.4 Å². The van der Waals surface area contributed by atoms with Gasteiger partial charge in [-0.15, -0.1) is 24.8 Å². The first kappa shape index (κ1) is 22.5. The van der Waals surface area contributed by atoms with Gasteiger partial charge in [-0.05, 0) is 31.9 Å². The van der Waals surface area contributed by atoms with Gasteiger partial charge in [-0.1, -0.05) is 0 Å². The molecule has 0 radical (unpaired) electrons. The molecule has 2 amide bonds. The highest BCUT2D eigenvalue weighted by atomic mass is 35.5. The highest BCUT2D eigenvalue weighted by molar-refractivity contribution is 5.85. The lowest BCUT2D eigenvalue weighted by molar-refractivity contribution is -0.144. The Morgan fingerprint density at radius 3 is 2.88 bits per heavy atom. The molecule has 0 saturated carbocycles. The summed E-state index contributed by atoms with van der Waals surface area (Å²) in [7, 11) is 0. The topological polar surface area (TPSA) is 74.8 Å². The largest absolute Gasteiger partial charge is 0.479 e. The molecule has 26 heavy (non-hydrogen) atoms. The highest BCUT2D eigenvalue weighted by Crippen LogP contribution is 2.19. The Morgan fingerprint density at radius 1 is 1.38 bits per heavy atom. The fourth-order valence-electron chi connectivity index (χ4n) is 3.35. The molecule has 2 atom stereocenters. The summed E-state index contributed by atoms with van der Waals surface area (Å²) in [6.07, 6.45) is 4.56. The number of likely N-dealkylation sites (tertiary alicyclic amines) is 1. The molecule has 2 aliphatic heterocycles. The van der Waals surface area contributed by atoms with E-state index >= 15 is 0 Å². The van der Waals surface area contributed by atoms with E-state index in [9.17, 15) is 9.59 Å². The lowest BCUT2D eigenvalue weighted by Crippen LogP contribution is -2.58. The van der Waals surface area contributed by atoms with Crippen LogP contribution in [0.2, 0.25) is 0 Å². The number of carbonyl (C=O) groups excluding carboxylic acids is 2. The van der Waals surface area contributed by atoms with Gasteiger partial charge >= 0.3 is 0 Å². The summed E-state index contributed by atoms with van der Waals surface area (Å²) >= 11 is 0. The van der Waals surface area contributed by atoms with Crippen LogP contribution >= 0.6 is 24.8 Å². The van der Waals surface area contributed by atoms with Crippen molar-refractivity contribution in [2.45, 2.75) is 31.9 Å². The lowest BCUT2D eigenvalue weighted by Gasteiger charge is -2.41. The van der Waals surface area contributed by atoms with Gasteiger partial charge in [0.25, 0.3) is 5.91 Å². The standard InChI is InChI=1S/C17H24N4O3.2ClH/c1-13(24-15-5-2-6-18-10-15)17(23)20-8-3-4-14(12-20)21-9-7-19-11-16(21)22;;/h2,5-6,10,13-14,19H,3-4,7-9,11-12H2,1H3;2*1H. The predicted octanol–water partition coefficient (Wildman–Crippen LogP) is 1.12. The van der Waals surface area contributed by atoms with Gasteiger partial charge in [-0.25, -0.2) is 0 Å². The summed E-state index contributed by atoms with van der Waals surface area (Å²) in [6.45, 7) is 4.99. The SMILES string of the molecule is CC(Oc1cccnc1)C(=O)N1CCCC(N2CCNCC2=O)C1.Cl.Cl. The van der Waals surface area contributed by atoms with Gasteiger partial charge in [0.1, 0.15) is 5.75 Å². The Morgan fingerprint density at radius 2 is 2.19 bits per heavy atom. The number of hydrogen-bond acceptors (Lipinski definition) is 5. The number of nitrogens with zero attached hydrogens (tertiary/aromatic N) is 3. The van der Waals surface area contributed by atoms with Crippen molar-refractivity contribution in [3.05, 3.63) is 24.5 Å². The molecule has 2 aliphatic rings. The number of halogens is 2. The van der Waals surface area contributed by atoms with E-state index in [-0.39, 0.29) is 42.7 Å². The maximum absolute atomic E-state index is 12.7. The molecular formula is C17H26Cl2N4O3. The third-order valence-corrected chi connectivity index (χ3v) is 4.57. The Hall–Kier alpha value is -1.57. The molecule has 1 N–H and O–H groups in total. The van der Waals surface area contributed by atoms with Crippen molar-refractivity contribution in [3.8, 4) is 5.75 Å². The first-order chi connectivity index (χ1) is 11.6. The molecule has 2 fully saturated rings. The number of ether oxygens (including phenoxy) is 1. The van der Waals surface area contributed by atoms with Crippen molar-refractivity contribution in [1.82, 2.24) is 20.1 Å². The van der Waals surface area contributed by atoms with Crippen LogP contribution in [0.5, 0.6) is 5.75 Å². The van der Waals surface area contributed by atoms with E-state index in [0.717, 1.165) is 25.9 Å². The van der Waals surface area contributed by atoms with E-state index in [1.165, 1.54) is 0 Å². The van der Waals surface area contributed by atoms with Gasteiger partial charge in [-0.3, -0.25) is 14.6 Å². The molecule has 0 aliphatic carbocycles. The van der Waals surface area contributed by atoms with Crippen molar-refractivity contribution >= 4 is 36.6 Å². The van der Waals surface area contributed by atoms with Gasteiger partial charge in [0.2, 0.25) is 5.91 Å². The Balaban J connectivity index is 0.00000169. The minimum absolute atomic E-state index is 0. The minimum Gasteiger partial charge on any atom is -0.479 e. The number of piperidine rings is 1. The average molecular weight is 405 g/mol. The van der Waals surface area contributed by atoms with Gasteiger partial charge in [0.05, 0.1) is 12.7 Å². The maximum atomic E-state index is 12.7. The van der Waals surface area contributed by atoms with Crippen LogP contribution in [0.4, 0.5) is 0 Å². The number of pyridine rings is 1. The average Bonchev–Trinajstić information content (AvgIpc) is 2.62. The second-order valence-corrected chi connectivity index (χ2v) is 6.29. The van der Waals surface area contributed by atoms with E-state index in [4.69, 9.17) is 4.74 Å². The maximum Gasteiger partial charge on any atom is 0.263 e. The zero-order chi connectivity index (χ0) is 16.9. The van der Waals surface area contributed by atoms with E-state index in [1.54, 1.807) is 31.5 Å². The molecular weight excluding hydrogens is 379 g/mol. The number of carbonyl (C=O) groups is 2. The van der Waals surface area contributed by atoms with Gasteiger partial charge < -0.3 is 19.9 Å². The minimum atomic E-state index is -0.563. The molecule has 146 valence electrons. The first-order valence-electron chi connectivity index (χ1n) is 8.51. The molecule has 9 heteroatoms. The van der Waals surface area contributed by atoms with Crippen molar-refractivity contribution in [2.75, 3.05) is 32.7 Å². The third-order valence-electron chi connectivity index (χ3n) is 4.57. The number of hydrogen-bond donors (Lipinski definition) is 1. The van der Waals surface area contributed by atoms with Crippen LogP contribution in [0.1, 0.15) is 19.8 Å². The molecule has 2 unspecified atom stereocenters. The van der Waals surface area contributed by atoms with Gasteiger partial charge in [0.15, 0.2) is 6.10 Å². The summed E-state index contributed by atoms with van der Waals surface area (Å²) < 4.78 is 5.69. The van der Waals surface area contributed by atoms with Crippen molar-refractivity contribution in [2.24, 2.45) is 0 Å². The Kier molecular flexibility index (Phi) is 9.12. The molecule has 0 spiro atoms. The van der Waals surface area contributed by atoms with E-state index < -0.39 is 6.10 Å². The van der Waals surface area contributed by atoms with Crippen LogP contribution in [-0.2, 0) is 9.59 Å². The number of aromatic nitrogens is 1. The zero-order valence-corrected chi connectivity index (χ0v) is 16.4. The number of rotatable bonds is 4. The van der Waals surface area contributed by atoms with Crippen molar-refractivity contribution in [3.63, 3.8) is 0 Å². The summed E-state index contributed by atoms with van der Waals surface area (Å²) in [5.74, 6) is 0.676. The first-order valence-corrected chi connectivity index (χ1v) is 8.51. The zero-order valence-electron chi connectivity index (χ0n) is 14.8. The summed E-state index contributed by atoms with van der Waals surface area (Å²) in [6, 6.07) is 3.68. The fourth-order valence-corrected chi connectivity index (χ4v) is 3.35. The highest BCUT2D eigenvalue weighted by Gasteiger charge is 2.33.